The van der Waals surface area contributed by atoms with Crippen molar-refractivity contribution in [2.45, 2.75) is 6.54 Å². The lowest BCUT2D eigenvalue weighted by Crippen LogP contribution is -2.40. The molecule has 2 N–H and O–H groups in total. The molecule has 3 aromatic rings. The first-order valence-electron chi connectivity index (χ1n) is 6.26. The van der Waals surface area contributed by atoms with Crippen LogP contribution in [-0.4, -0.2) is 15.0 Å². The molecule has 6 nitrogen and oxygen atoms in total. The summed E-state index contributed by atoms with van der Waals surface area (Å²) in [5, 5.41) is 1.65. The van der Waals surface area contributed by atoms with Crippen LogP contribution >= 0.6 is 11.3 Å². The average Bonchev–Trinajstić information content (AvgIpc) is 2.95. The molecule has 112 valence electrons. The molecule has 2 heterocycles. The van der Waals surface area contributed by atoms with Crippen LogP contribution in [-0.2, 0) is 11.3 Å². The van der Waals surface area contributed by atoms with Gasteiger partial charge < -0.3 is 5.73 Å². The van der Waals surface area contributed by atoms with E-state index in [2.05, 4.69) is 0 Å². The number of nitrogens with two attached hydrogens (primary N) is 1. The molecule has 0 atom stereocenters. The number of thiophene rings is 1. The number of fused-ring (bicyclic) bond motifs is 1. The molecule has 2 aromatic heterocycles. The monoisotopic (exact) mass is 319 g/mol. The fourth-order valence-electron chi connectivity index (χ4n) is 2.21. The Morgan fingerprint density at radius 3 is 2.50 bits per heavy atom. The zero-order valence-corrected chi connectivity index (χ0v) is 12.0. The van der Waals surface area contributed by atoms with Gasteiger partial charge in [0, 0.05) is 0 Å². The number of rotatable bonds is 3. The maximum atomic E-state index is 13.0. The normalized spacial score (nSPS) is 11.0. The number of benzene rings is 1. The average molecular weight is 319 g/mol. The van der Waals surface area contributed by atoms with Gasteiger partial charge in [0.1, 0.15) is 17.1 Å². The van der Waals surface area contributed by atoms with Crippen molar-refractivity contribution in [3.63, 3.8) is 0 Å². The van der Waals surface area contributed by atoms with Gasteiger partial charge in [-0.25, -0.2) is 13.8 Å². The number of halogens is 1. The van der Waals surface area contributed by atoms with Crippen molar-refractivity contribution in [3.05, 3.63) is 62.4 Å². The van der Waals surface area contributed by atoms with Crippen molar-refractivity contribution < 1.29 is 9.18 Å². The van der Waals surface area contributed by atoms with E-state index >= 15 is 0 Å². The molecule has 8 heteroatoms. The summed E-state index contributed by atoms with van der Waals surface area (Å²) < 4.78 is 15.4. The van der Waals surface area contributed by atoms with Crippen molar-refractivity contribution in [2.75, 3.05) is 0 Å². The van der Waals surface area contributed by atoms with Crippen LogP contribution in [0.5, 0.6) is 0 Å². The van der Waals surface area contributed by atoms with Crippen LogP contribution in [0.25, 0.3) is 15.9 Å². The van der Waals surface area contributed by atoms with E-state index in [1.54, 1.807) is 11.4 Å². The quantitative estimate of drug-likeness (QED) is 0.776. The Labute approximate surface area is 126 Å². The van der Waals surface area contributed by atoms with Crippen LogP contribution in [0.2, 0.25) is 0 Å². The van der Waals surface area contributed by atoms with Crippen molar-refractivity contribution in [3.8, 4) is 5.69 Å². The third-order valence-corrected chi connectivity index (χ3v) is 4.05. The summed E-state index contributed by atoms with van der Waals surface area (Å²) in [7, 11) is 0. The lowest BCUT2D eigenvalue weighted by atomic mass is 10.3. The lowest BCUT2D eigenvalue weighted by molar-refractivity contribution is -0.118. The molecular weight excluding hydrogens is 309 g/mol. The fourth-order valence-corrected chi connectivity index (χ4v) is 3.04. The highest BCUT2D eigenvalue weighted by molar-refractivity contribution is 7.17. The minimum absolute atomic E-state index is 0.227. The first-order valence-corrected chi connectivity index (χ1v) is 7.14. The maximum Gasteiger partial charge on any atom is 0.336 e. The van der Waals surface area contributed by atoms with Gasteiger partial charge in [0.15, 0.2) is 0 Å². The predicted octanol–water partition coefficient (Wildman–Crippen LogP) is 0.838. The van der Waals surface area contributed by atoms with E-state index in [9.17, 15) is 18.8 Å². The van der Waals surface area contributed by atoms with Crippen LogP contribution in [0.3, 0.4) is 0 Å². The van der Waals surface area contributed by atoms with Crippen molar-refractivity contribution >= 4 is 27.5 Å². The minimum Gasteiger partial charge on any atom is -0.368 e. The van der Waals surface area contributed by atoms with Crippen LogP contribution in [0.15, 0.2) is 45.3 Å². The van der Waals surface area contributed by atoms with Gasteiger partial charge in [-0.3, -0.25) is 14.2 Å². The number of amides is 1. The van der Waals surface area contributed by atoms with Crippen molar-refractivity contribution in [2.24, 2.45) is 5.73 Å². The van der Waals surface area contributed by atoms with E-state index in [1.165, 1.54) is 12.1 Å². The Morgan fingerprint density at radius 1 is 1.18 bits per heavy atom. The first kappa shape index (κ1) is 14.2. The van der Waals surface area contributed by atoms with E-state index < -0.39 is 23.0 Å². The van der Waals surface area contributed by atoms with Gasteiger partial charge in [0.25, 0.3) is 5.56 Å². The molecule has 3 rings (SSSR count). The van der Waals surface area contributed by atoms with E-state index in [-0.39, 0.29) is 12.2 Å². The highest BCUT2D eigenvalue weighted by atomic mass is 32.1. The summed E-state index contributed by atoms with van der Waals surface area (Å²) in [6.45, 7) is -0.340. The lowest BCUT2D eigenvalue weighted by Gasteiger charge is -2.10. The summed E-state index contributed by atoms with van der Waals surface area (Å²) in [6, 6.07) is 6.54. The molecule has 0 fully saturated rings. The Bertz CT molecular complexity index is 985. The molecule has 22 heavy (non-hydrogen) atoms. The van der Waals surface area contributed by atoms with Crippen molar-refractivity contribution in [1.82, 2.24) is 9.13 Å². The van der Waals surface area contributed by atoms with Crippen LogP contribution < -0.4 is 17.0 Å². The number of aromatic nitrogens is 2. The number of hydrogen-bond acceptors (Lipinski definition) is 4. The Kier molecular flexibility index (Phi) is 3.38. The summed E-state index contributed by atoms with van der Waals surface area (Å²) >= 11 is 1.16. The molecule has 0 aliphatic rings. The number of carbonyl (C=O) groups is 1. The van der Waals surface area contributed by atoms with E-state index in [1.807, 2.05) is 0 Å². The van der Waals surface area contributed by atoms with Gasteiger partial charge in [-0.15, -0.1) is 11.3 Å². The number of hydrogen-bond donors (Lipinski definition) is 1. The largest absolute Gasteiger partial charge is 0.368 e. The molecule has 0 unspecified atom stereocenters. The van der Waals surface area contributed by atoms with Gasteiger partial charge in [-0.1, -0.05) is 0 Å². The van der Waals surface area contributed by atoms with E-state index in [4.69, 9.17) is 5.73 Å². The van der Waals surface area contributed by atoms with Crippen LogP contribution in [0.1, 0.15) is 0 Å². The zero-order valence-electron chi connectivity index (χ0n) is 11.2. The second kappa shape index (κ2) is 5.23. The van der Waals surface area contributed by atoms with Gasteiger partial charge in [-0.05, 0) is 35.7 Å². The van der Waals surface area contributed by atoms with Crippen LogP contribution in [0.4, 0.5) is 4.39 Å². The molecule has 0 aliphatic heterocycles. The van der Waals surface area contributed by atoms with E-state index in [0.29, 0.717) is 10.2 Å². The third-order valence-electron chi connectivity index (χ3n) is 3.15. The molecule has 0 spiro atoms. The Morgan fingerprint density at radius 2 is 1.86 bits per heavy atom. The molecule has 0 radical (unpaired) electrons. The molecule has 0 aliphatic carbocycles. The number of primary amides is 1. The molecule has 0 saturated carbocycles. The number of nitrogens with zero attached hydrogens (tertiary/aromatic N) is 2. The summed E-state index contributed by atoms with van der Waals surface area (Å²) in [6.07, 6.45) is 0. The second-order valence-corrected chi connectivity index (χ2v) is 5.50. The highest BCUT2D eigenvalue weighted by Crippen LogP contribution is 2.16. The molecular formula is C14H10FN3O3S. The smallest absolute Gasteiger partial charge is 0.336 e. The SMILES string of the molecule is NC(=O)Cn1c(=O)n(-c2ccc(F)cc2)c(=O)c2sccc21. The van der Waals surface area contributed by atoms with Crippen molar-refractivity contribution in [1.29, 1.82) is 0 Å². The standard InChI is InChI=1S/C14H10FN3O3S/c15-8-1-3-9(4-2-8)18-13(20)12-10(5-6-22-12)17(14(18)21)7-11(16)19/h1-6H,7H2,(H2,16,19). The van der Waals surface area contributed by atoms with Gasteiger partial charge in [0.2, 0.25) is 5.91 Å². The topological polar surface area (TPSA) is 87.1 Å². The fraction of sp³-hybridized carbons (Fsp3) is 0.0714. The third kappa shape index (κ3) is 2.23. The predicted molar refractivity (Wildman–Crippen MR) is 80.8 cm³/mol. The highest BCUT2D eigenvalue weighted by Gasteiger charge is 2.16. The molecule has 0 bridgehead atoms. The first-order chi connectivity index (χ1) is 10.5. The summed E-state index contributed by atoms with van der Waals surface area (Å²) in [5.74, 6) is -1.18. The summed E-state index contributed by atoms with van der Waals surface area (Å²) in [4.78, 5) is 36.2. The summed E-state index contributed by atoms with van der Waals surface area (Å²) in [5.41, 5.74) is 4.55. The molecule has 0 saturated heterocycles. The molecule has 1 aromatic carbocycles. The van der Waals surface area contributed by atoms with E-state index in [0.717, 1.165) is 32.6 Å². The number of carbonyl (C=O) groups excluding carboxylic acids is 1. The second-order valence-electron chi connectivity index (χ2n) is 4.59. The Hall–Kier alpha value is -2.74. The molecule has 1 amide bonds. The van der Waals surface area contributed by atoms with Gasteiger partial charge in [0.05, 0.1) is 11.2 Å². The maximum absolute atomic E-state index is 13.0. The van der Waals surface area contributed by atoms with Gasteiger partial charge in [-0.2, -0.15) is 0 Å². The van der Waals surface area contributed by atoms with Gasteiger partial charge >= 0.3 is 5.69 Å². The zero-order chi connectivity index (χ0) is 15.9. The Balaban J connectivity index is 2.39. The van der Waals surface area contributed by atoms with Crippen LogP contribution in [0, 0.1) is 5.82 Å². The minimum atomic E-state index is -0.695.